The first kappa shape index (κ1) is 15.0. The van der Waals surface area contributed by atoms with E-state index in [1.165, 1.54) is 6.07 Å². The van der Waals surface area contributed by atoms with Crippen molar-refractivity contribution in [2.24, 2.45) is 5.41 Å². The lowest BCUT2D eigenvalue weighted by atomic mass is 9.62. The molecule has 0 spiro atoms. The summed E-state index contributed by atoms with van der Waals surface area (Å²) in [5.41, 5.74) is 0.0199. The summed E-state index contributed by atoms with van der Waals surface area (Å²) >= 11 is 1.01. The van der Waals surface area contributed by atoms with Crippen LogP contribution in [0.2, 0.25) is 0 Å². The first-order valence-corrected chi connectivity index (χ1v) is 7.35. The van der Waals surface area contributed by atoms with E-state index in [0.29, 0.717) is 10.9 Å². The molecule has 1 aromatic rings. The van der Waals surface area contributed by atoms with Crippen molar-refractivity contribution >= 4 is 23.2 Å². The second kappa shape index (κ2) is 5.18. The molecular weight excluding hydrogens is 276 g/mol. The van der Waals surface area contributed by atoms with Crippen LogP contribution in [0.15, 0.2) is 12.1 Å². The molecule has 20 heavy (non-hydrogen) atoms. The first-order chi connectivity index (χ1) is 9.23. The zero-order valence-corrected chi connectivity index (χ0v) is 13.0. The maximum Gasteiger partial charge on any atom is 0.345 e. The molecule has 2 N–H and O–H groups in total. The lowest BCUT2D eigenvalue weighted by molar-refractivity contribution is -0.0106. The number of nitrogens with zero attached hydrogens (tertiary/aromatic N) is 1. The van der Waals surface area contributed by atoms with Gasteiger partial charge in [-0.25, -0.2) is 4.79 Å². The zero-order valence-electron chi connectivity index (χ0n) is 12.1. The molecule has 110 valence electrons. The van der Waals surface area contributed by atoms with E-state index in [9.17, 15) is 9.59 Å². The SMILES string of the molecule is CN(C)C1CC(NC(=O)c2ccc(C(=O)O)s2)C1(C)C. The molecule has 1 aliphatic carbocycles. The molecule has 1 amide bonds. The molecule has 0 radical (unpaired) electrons. The Kier molecular flexibility index (Phi) is 3.88. The van der Waals surface area contributed by atoms with Gasteiger partial charge >= 0.3 is 5.97 Å². The number of aromatic carboxylic acids is 1. The Morgan fingerprint density at radius 2 is 1.95 bits per heavy atom. The number of nitrogens with one attached hydrogen (secondary N) is 1. The third-order valence-corrected chi connectivity index (χ3v) is 5.26. The van der Waals surface area contributed by atoms with Crippen LogP contribution in [0.4, 0.5) is 0 Å². The fourth-order valence-electron chi connectivity index (χ4n) is 2.83. The third-order valence-electron chi connectivity index (χ3n) is 4.19. The minimum absolute atomic E-state index is 0.0199. The van der Waals surface area contributed by atoms with Crippen LogP contribution < -0.4 is 5.32 Å². The fourth-order valence-corrected chi connectivity index (χ4v) is 3.58. The molecule has 2 atom stereocenters. The summed E-state index contributed by atoms with van der Waals surface area (Å²) in [4.78, 5) is 25.8. The van der Waals surface area contributed by atoms with Gasteiger partial charge in [0.1, 0.15) is 4.88 Å². The standard InChI is InChI=1S/C14H20N2O3S/c1-14(2)10(7-11(14)16(3)4)15-12(17)8-5-6-9(20-8)13(18)19/h5-6,10-11H,7H2,1-4H3,(H,15,17)(H,18,19). The van der Waals surface area contributed by atoms with Gasteiger partial charge in [0.25, 0.3) is 5.91 Å². The Hall–Kier alpha value is -1.40. The Balaban J connectivity index is 2.01. The normalized spacial score (nSPS) is 24.2. The number of rotatable bonds is 4. The van der Waals surface area contributed by atoms with Gasteiger partial charge in [-0.3, -0.25) is 4.79 Å². The number of carbonyl (C=O) groups excluding carboxylic acids is 1. The van der Waals surface area contributed by atoms with Crippen LogP contribution in [-0.4, -0.2) is 48.1 Å². The number of hydrogen-bond donors (Lipinski definition) is 2. The summed E-state index contributed by atoms with van der Waals surface area (Å²) in [6, 6.07) is 3.61. The molecule has 5 nitrogen and oxygen atoms in total. The smallest absolute Gasteiger partial charge is 0.345 e. The average Bonchev–Trinajstić information content (AvgIpc) is 2.82. The van der Waals surface area contributed by atoms with Crippen molar-refractivity contribution in [3.05, 3.63) is 21.9 Å². The van der Waals surface area contributed by atoms with Gasteiger partial charge in [-0.1, -0.05) is 13.8 Å². The molecule has 1 saturated carbocycles. The Morgan fingerprint density at radius 3 is 2.40 bits per heavy atom. The lowest BCUT2D eigenvalue weighted by Gasteiger charge is -2.54. The van der Waals surface area contributed by atoms with E-state index in [1.807, 2.05) is 14.1 Å². The van der Waals surface area contributed by atoms with Crippen LogP contribution in [0.1, 0.15) is 39.6 Å². The summed E-state index contributed by atoms with van der Waals surface area (Å²) < 4.78 is 0. The van der Waals surface area contributed by atoms with Crippen LogP contribution in [0.25, 0.3) is 0 Å². The van der Waals surface area contributed by atoms with Crippen molar-refractivity contribution in [2.45, 2.75) is 32.4 Å². The van der Waals surface area contributed by atoms with E-state index >= 15 is 0 Å². The van der Waals surface area contributed by atoms with Gasteiger partial charge in [0.15, 0.2) is 0 Å². The molecule has 0 aromatic carbocycles. The number of carboxylic acids is 1. The molecular formula is C14H20N2O3S. The van der Waals surface area contributed by atoms with Gasteiger partial charge in [-0.15, -0.1) is 11.3 Å². The first-order valence-electron chi connectivity index (χ1n) is 6.54. The topological polar surface area (TPSA) is 69.6 Å². The Bertz CT molecular complexity index is 536. The van der Waals surface area contributed by atoms with Gasteiger partial charge < -0.3 is 15.3 Å². The highest BCUT2D eigenvalue weighted by Gasteiger charge is 2.49. The van der Waals surface area contributed by atoms with Gasteiger partial charge in [0.05, 0.1) is 4.88 Å². The second-order valence-corrected chi connectivity index (χ2v) is 7.12. The van der Waals surface area contributed by atoms with E-state index in [2.05, 4.69) is 24.1 Å². The highest BCUT2D eigenvalue weighted by molar-refractivity contribution is 7.15. The molecule has 1 fully saturated rings. The maximum atomic E-state index is 12.1. The van der Waals surface area contributed by atoms with Gasteiger partial charge in [-0.05, 0) is 32.6 Å². The van der Waals surface area contributed by atoms with Crippen molar-refractivity contribution in [3.63, 3.8) is 0 Å². The van der Waals surface area contributed by atoms with Crippen LogP contribution in [0, 0.1) is 5.41 Å². The van der Waals surface area contributed by atoms with Crippen molar-refractivity contribution in [1.29, 1.82) is 0 Å². The average molecular weight is 296 g/mol. The number of amides is 1. The predicted octanol–water partition coefficient (Wildman–Crippen LogP) is 1.90. The van der Waals surface area contributed by atoms with E-state index in [1.54, 1.807) is 6.07 Å². The van der Waals surface area contributed by atoms with Crippen molar-refractivity contribution < 1.29 is 14.7 Å². The zero-order chi connectivity index (χ0) is 15.1. The summed E-state index contributed by atoms with van der Waals surface area (Å²) in [5, 5.41) is 11.9. The minimum Gasteiger partial charge on any atom is -0.477 e. The monoisotopic (exact) mass is 296 g/mol. The lowest BCUT2D eigenvalue weighted by Crippen LogP contribution is -2.65. The van der Waals surface area contributed by atoms with Crippen LogP contribution in [0.3, 0.4) is 0 Å². The van der Waals surface area contributed by atoms with Gasteiger partial charge in [-0.2, -0.15) is 0 Å². The predicted molar refractivity (Wildman–Crippen MR) is 78.4 cm³/mol. The van der Waals surface area contributed by atoms with E-state index in [0.717, 1.165) is 17.8 Å². The molecule has 1 aliphatic rings. The van der Waals surface area contributed by atoms with Crippen molar-refractivity contribution in [1.82, 2.24) is 10.2 Å². The second-order valence-electron chi connectivity index (χ2n) is 6.03. The summed E-state index contributed by atoms with van der Waals surface area (Å²) in [7, 11) is 4.09. The van der Waals surface area contributed by atoms with E-state index in [-0.39, 0.29) is 22.2 Å². The molecule has 6 heteroatoms. The fraction of sp³-hybridized carbons (Fsp3) is 0.571. The van der Waals surface area contributed by atoms with Gasteiger partial charge in [0, 0.05) is 17.5 Å². The van der Waals surface area contributed by atoms with Crippen molar-refractivity contribution in [3.8, 4) is 0 Å². The number of thiophene rings is 1. The van der Waals surface area contributed by atoms with Crippen molar-refractivity contribution in [2.75, 3.05) is 14.1 Å². The minimum atomic E-state index is -0.995. The summed E-state index contributed by atoms with van der Waals surface area (Å²) in [6.07, 6.45) is 0.920. The third kappa shape index (κ3) is 2.58. The molecule has 1 aromatic heterocycles. The molecule has 2 rings (SSSR count). The Morgan fingerprint density at radius 1 is 1.35 bits per heavy atom. The largest absolute Gasteiger partial charge is 0.477 e. The molecule has 0 saturated heterocycles. The van der Waals surface area contributed by atoms with E-state index in [4.69, 9.17) is 5.11 Å². The maximum absolute atomic E-state index is 12.1. The molecule has 0 aliphatic heterocycles. The number of carbonyl (C=O) groups is 2. The summed E-state index contributed by atoms with van der Waals surface area (Å²) in [5.74, 6) is -1.18. The number of hydrogen-bond acceptors (Lipinski definition) is 4. The van der Waals surface area contributed by atoms with Gasteiger partial charge in [0.2, 0.25) is 0 Å². The highest BCUT2D eigenvalue weighted by atomic mass is 32.1. The summed E-state index contributed by atoms with van der Waals surface area (Å²) in [6.45, 7) is 4.28. The highest BCUT2D eigenvalue weighted by Crippen LogP contribution is 2.43. The Labute approximate surface area is 122 Å². The van der Waals surface area contributed by atoms with Crippen LogP contribution in [0.5, 0.6) is 0 Å². The molecule has 1 heterocycles. The van der Waals surface area contributed by atoms with E-state index < -0.39 is 5.97 Å². The quantitative estimate of drug-likeness (QED) is 0.890. The van der Waals surface area contributed by atoms with Crippen LogP contribution in [-0.2, 0) is 0 Å². The molecule has 0 bridgehead atoms. The van der Waals surface area contributed by atoms with Crippen LogP contribution >= 0.6 is 11.3 Å². The molecule has 2 unspecified atom stereocenters. The number of carboxylic acid groups (broad SMARTS) is 1.